The highest BCUT2D eigenvalue weighted by Crippen LogP contribution is 2.36. The number of rotatable bonds is 3. The molecule has 0 radical (unpaired) electrons. The number of halogens is 2. The van der Waals surface area contributed by atoms with Crippen LogP contribution in [0.15, 0.2) is 54.9 Å². The molecule has 26 heavy (non-hydrogen) atoms. The van der Waals surface area contributed by atoms with Gasteiger partial charge in [0.15, 0.2) is 0 Å². The van der Waals surface area contributed by atoms with Crippen molar-refractivity contribution in [2.75, 3.05) is 6.54 Å². The van der Waals surface area contributed by atoms with Crippen LogP contribution < -0.4 is 0 Å². The standard InChI is InChI=1S/C21H18ClFN2O/c22-19-8-7-16(23)11-18(19)20-6-3-9-25(20)21(26)10-15-13-24-12-14-4-1-2-5-17(14)15/h1-2,4-5,7-8,11-13,20H,3,6,9-10H2. The number of carbonyl (C=O) groups is 1. The summed E-state index contributed by atoms with van der Waals surface area (Å²) in [5.74, 6) is -0.312. The van der Waals surface area contributed by atoms with Gasteiger partial charge in [0.25, 0.3) is 0 Å². The van der Waals surface area contributed by atoms with E-state index in [1.54, 1.807) is 18.5 Å². The molecule has 3 aromatic rings. The molecule has 0 saturated carbocycles. The minimum absolute atomic E-state index is 0.0194. The smallest absolute Gasteiger partial charge is 0.227 e. The molecule has 2 aromatic carbocycles. The van der Waals surface area contributed by atoms with Gasteiger partial charge in [-0.25, -0.2) is 4.39 Å². The molecule has 1 fully saturated rings. The third-order valence-electron chi connectivity index (χ3n) is 4.98. The monoisotopic (exact) mass is 368 g/mol. The van der Waals surface area contributed by atoms with Crippen LogP contribution in [0, 0.1) is 5.82 Å². The maximum atomic E-state index is 13.7. The molecule has 2 heterocycles. The first kappa shape index (κ1) is 17.0. The number of hydrogen-bond acceptors (Lipinski definition) is 2. The number of hydrogen-bond donors (Lipinski definition) is 0. The van der Waals surface area contributed by atoms with Gasteiger partial charge >= 0.3 is 0 Å². The molecule has 0 aliphatic carbocycles. The fraction of sp³-hybridized carbons (Fsp3) is 0.238. The molecule has 0 N–H and O–H groups in total. The second kappa shape index (κ2) is 7.04. The molecule has 1 atom stereocenters. The third kappa shape index (κ3) is 3.17. The number of benzene rings is 2. The summed E-state index contributed by atoms with van der Waals surface area (Å²) < 4.78 is 13.7. The first-order valence-corrected chi connectivity index (χ1v) is 9.07. The largest absolute Gasteiger partial charge is 0.335 e. The highest BCUT2D eigenvalue weighted by Gasteiger charge is 2.31. The van der Waals surface area contributed by atoms with Crippen LogP contribution in [-0.4, -0.2) is 22.3 Å². The van der Waals surface area contributed by atoms with Gasteiger partial charge in [-0.05, 0) is 47.6 Å². The molecule has 0 spiro atoms. The van der Waals surface area contributed by atoms with Gasteiger partial charge in [-0.15, -0.1) is 0 Å². The summed E-state index contributed by atoms with van der Waals surface area (Å²) in [5.41, 5.74) is 1.60. The Balaban J connectivity index is 1.62. The zero-order chi connectivity index (χ0) is 18.1. The maximum absolute atomic E-state index is 13.7. The van der Waals surface area contributed by atoms with Gasteiger partial charge < -0.3 is 4.90 Å². The Labute approximate surface area is 156 Å². The Kier molecular flexibility index (Phi) is 4.60. The van der Waals surface area contributed by atoms with Crippen molar-refractivity contribution in [3.8, 4) is 0 Å². The molecular weight excluding hydrogens is 351 g/mol. The molecule has 1 amide bonds. The first-order chi connectivity index (χ1) is 12.6. The second-order valence-electron chi connectivity index (χ2n) is 6.61. The van der Waals surface area contributed by atoms with Gasteiger partial charge in [0.05, 0.1) is 12.5 Å². The van der Waals surface area contributed by atoms with Crippen LogP contribution >= 0.6 is 11.6 Å². The summed E-state index contributed by atoms with van der Waals surface area (Å²) >= 11 is 6.27. The summed E-state index contributed by atoms with van der Waals surface area (Å²) in [6, 6.07) is 12.1. The summed E-state index contributed by atoms with van der Waals surface area (Å²) in [5, 5.41) is 2.56. The van der Waals surface area contributed by atoms with Crippen LogP contribution in [0.25, 0.3) is 10.8 Å². The van der Waals surface area contributed by atoms with Crippen molar-refractivity contribution in [2.45, 2.75) is 25.3 Å². The molecule has 0 bridgehead atoms. The van der Waals surface area contributed by atoms with Gasteiger partial charge in [0, 0.05) is 29.3 Å². The van der Waals surface area contributed by atoms with E-state index in [9.17, 15) is 9.18 Å². The summed E-state index contributed by atoms with van der Waals surface area (Å²) in [7, 11) is 0. The third-order valence-corrected chi connectivity index (χ3v) is 5.33. The summed E-state index contributed by atoms with van der Waals surface area (Å²) in [4.78, 5) is 19.1. The van der Waals surface area contributed by atoms with Crippen LogP contribution in [-0.2, 0) is 11.2 Å². The van der Waals surface area contributed by atoms with E-state index in [1.165, 1.54) is 12.1 Å². The lowest BCUT2D eigenvalue weighted by molar-refractivity contribution is -0.131. The van der Waals surface area contributed by atoms with Crippen molar-refractivity contribution in [1.29, 1.82) is 0 Å². The number of likely N-dealkylation sites (tertiary alicyclic amines) is 1. The van der Waals surface area contributed by atoms with E-state index < -0.39 is 0 Å². The minimum Gasteiger partial charge on any atom is -0.335 e. The first-order valence-electron chi connectivity index (χ1n) is 8.69. The average Bonchev–Trinajstić information content (AvgIpc) is 3.14. The molecule has 1 unspecified atom stereocenters. The molecular formula is C21H18ClFN2O. The van der Waals surface area contributed by atoms with E-state index in [1.807, 2.05) is 29.2 Å². The van der Waals surface area contributed by atoms with Crippen molar-refractivity contribution in [3.05, 3.63) is 76.8 Å². The fourth-order valence-electron chi connectivity index (χ4n) is 3.74. The Bertz CT molecular complexity index is 970. The molecule has 5 heteroatoms. The molecule has 1 aliphatic rings. The lowest BCUT2D eigenvalue weighted by Gasteiger charge is -2.26. The maximum Gasteiger partial charge on any atom is 0.227 e. The Morgan fingerprint density at radius 2 is 2.08 bits per heavy atom. The second-order valence-corrected chi connectivity index (χ2v) is 7.01. The van der Waals surface area contributed by atoms with E-state index in [2.05, 4.69) is 4.98 Å². The van der Waals surface area contributed by atoms with Crippen molar-refractivity contribution in [2.24, 2.45) is 0 Å². The average molecular weight is 369 g/mol. The normalized spacial score (nSPS) is 17.0. The van der Waals surface area contributed by atoms with Gasteiger partial charge in [-0.2, -0.15) is 0 Å². The topological polar surface area (TPSA) is 33.2 Å². The molecule has 1 aliphatic heterocycles. The molecule has 1 aromatic heterocycles. The SMILES string of the molecule is O=C(Cc1cncc2ccccc12)N1CCCC1c1cc(F)ccc1Cl. The van der Waals surface area contributed by atoms with Crippen LogP contribution in [0.3, 0.4) is 0 Å². The number of nitrogens with zero attached hydrogens (tertiary/aromatic N) is 2. The number of amides is 1. The van der Waals surface area contributed by atoms with Gasteiger partial charge in [-0.3, -0.25) is 9.78 Å². The number of aromatic nitrogens is 1. The predicted octanol–water partition coefficient (Wildman–Crippen LogP) is 4.93. The van der Waals surface area contributed by atoms with Crippen molar-refractivity contribution in [1.82, 2.24) is 9.88 Å². The van der Waals surface area contributed by atoms with Crippen molar-refractivity contribution in [3.63, 3.8) is 0 Å². The summed E-state index contributed by atoms with van der Waals surface area (Å²) in [6.07, 6.45) is 5.51. The number of pyridine rings is 1. The van der Waals surface area contributed by atoms with Gasteiger partial charge in [-0.1, -0.05) is 35.9 Å². The van der Waals surface area contributed by atoms with Crippen molar-refractivity contribution >= 4 is 28.3 Å². The van der Waals surface area contributed by atoms with Crippen molar-refractivity contribution < 1.29 is 9.18 Å². The zero-order valence-corrected chi connectivity index (χ0v) is 14.9. The zero-order valence-electron chi connectivity index (χ0n) is 14.2. The quantitative estimate of drug-likeness (QED) is 0.656. The fourth-order valence-corrected chi connectivity index (χ4v) is 3.99. The van der Waals surface area contributed by atoms with E-state index in [0.29, 0.717) is 17.1 Å². The van der Waals surface area contributed by atoms with Gasteiger partial charge in [0.1, 0.15) is 5.82 Å². The Morgan fingerprint density at radius 1 is 1.23 bits per heavy atom. The van der Waals surface area contributed by atoms with E-state index in [4.69, 9.17) is 11.6 Å². The Hall–Kier alpha value is -2.46. The predicted molar refractivity (Wildman–Crippen MR) is 101 cm³/mol. The number of carbonyl (C=O) groups excluding carboxylic acids is 1. The summed E-state index contributed by atoms with van der Waals surface area (Å²) in [6.45, 7) is 0.661. The molecule has 132 valence electrons. The van der Waals surface area contributed by atoms with E-state index in [-0.39, 0.29) is 24.2 Å². The van der Waals surface area contributed by atoms with Crippen LogP contribution in [0.5, 0.6) is 0 Å². The molecule has 3 nitrogen and oxygen atoms in total. The van der Waals surface area contributed by atoms with Gasteiger partial charge in [0.2, 0.25) is 5.91 Å². The molecule has 1 saturated heterocycles. The highest BCUT2D eigenvalue weighted by atomic mass is 35.5. The van der Waals surface area contributed by atoms with Crippen LogP contribution in [0.4, 0.5) is 4.39 Å². The van der Waals surface area contributed by atoms with Crippen LogP contribution in [0.1, 0.15) is 30.0 Å². The number of fused-ring (bicyclic) bond motifs is 1. The van der Waals surface area contributed by atoms with E-state index >= 15 is 0 Å². The van der Waals surface area contributed by atoms with Crippen LogP contribution in [0.2, 0.25) is 5.02 Å². The molecule has 4 rings (SSSR count). The lowest BCUT2D eigenvalue weighted by atomic mass is 10.0. The minimum atomic E-state index is -0.332. The lowest BCUT2D eigenvalue weighted by Crippen LogP contribution is -2.32. The Morgan fingerprint density at radius 3 is 2.96 bits per heavy atom. The highest BCUT2D eigenvalue weighted by molar-refractivity contribution is 6.31. The van der Waals surface area contributed by atoms with E-state index in [0.717, 1.165) is 29.2 Å².